The smallest absolute Gasteiger partial charge is 0.258 e. The SMILES string of the molecule is O=c1[nH]c(CNC2CCOC2C2CC2)nc2ccccc12. The summed E-state index contributed by atoms with van der Waals surface area (Å²) in [5.41, 5.74) is 0.679. The second-order valence-corrected chi connectivity index (χ2v) is 5.98. The molecule has 1 aliphatic carbocycles. The summed E-state index contributed by atoms with van der Waals surface area (Å²) in [7, 11) is 0. The number of ether oxygens (including phenoxy) is 1. The Morgan fingerprint density at radius 3 is 3.00 bits per heavy atom. The zero-order valence-corrected chi connectivity index (χ0v) is 11.8. The molecule has 0 amide bonds. The van der Waals surface area contributed by atoms with E-state index in [0.29, 0.717) is 29.9 Å². The average Bonchev–Trinajstić information content (AvgIpc) is 3.24. The van der Waals surface area contributed by atoms with Crippen LogP contribution in [0.2, 0.25) is 0 Å². The monoisotopic (exact) mass is 285 g/mol. The van der Waals surface area contributed by atoms with Gasteiger partial charge >= 0.3 is 0 Å². The molecule has 2 atom stereocenters. The molecule has 0 bridgehead atoms. The van der Waals surface area contributed by atoms with Gasteiger partial charge in [0.2, 0.25) is 0 Å². The standard InChI is InChI=1S/C16H19N3O2/c20-16-11-3-1-2-4-12(11)18-14(19-16)9-17-13-7-8-21-15(13)10-5-6-10/h1-4,10,13,15,17H,5-9H2,(H,18,19,20). The molecule has 1 saturated heterocycles. The maximum Gasteiger partial charge on any atom is 0.258 e. The number of nitrogens with one attached hydrogen (secondary N) is 2. The summed E-state index contributed by atoms with van der Waals surface area (Å²) in [4.78, 5) is 19.4. The maximum absolute atomic E-state index is 12.0. The highest BCUT2D eigenvalue weighted by atomic mass is 16.5. The fourth-order valence-electron chi connectivity index (χ4n) is 3.17. The molecular formula is C16H19N3O2. The summed E-state index contributed by atoms with van der Waals surface area (Å²) in [6, 6.07) is 7.81. The molecule has 21 heavy (non-hydrogen) atoms. The lowest BCUT2D eigenvalue weighted by Gasteiger charge is -2.19. The van der Waals surface area contributed by atoms with E-state index in [9.17, 15) is 4.79 Å². The number of aromatic nitrogens is 2. The van der Waals surface area contributed by atoms with Crippen molar-refractivity contribution in [1.29, 1.82) is 0 Å². The Bertz CT molecular complexity index is 708. The van der Waals surface area contributed by atoms with Gasteiger partial charge in [-0.05, 0) is 37.3 Å². The van der Waals surface area contributed by atoms with E-state index < -0.39 is 0 Å². The summed E-state index contributed by atoms with van der Waals surface area (Å²) < 4.78 is 5.82. The van der Waals surface area contributed by atoms with E-state index in [0.717, 1.165) is 24.5 Å². The van der Waals surface area contributed by atoms with Gasteiger partial charge in [0.25, 0.3) is 5.56 Å². The lowest BCUT2D eigenvalue weighted by Crippen LogP contribution is -2.37. The Hall–Kier alpha value is -1.72. The quantitative estimate of drug-likeness (QED) is 0.895. The highest BCUT2D eigenvalue weighted by Crippen LogP contribution is 2.38. The van der Waals surface area contributed by atoms with Crippen molar-refractivity contribution in [3.05, 3.63) is 40.4 Å². The van der Waals surface area contributed by atoms with Gasteiger partial charge in [-0.1, -0.05) is 12.1 Å². The molecule has 2 unspecified atom stereocenters. The van der Waals surface area contributed by atoms with Crippen molar-refractivity contribution in [3.63, 3.8) is 0 Å². The van der Waals surface area contributed by atoms with E-state index in [2.05, 4.69) is 15.3 Å². The molecule has 2 N–H and O–H groups in total. The molecule has 4 rings (SSSR count). The minimum Gasteiger partial charge on any atom is -0.376 e. The van der Waals surface area contributed by atoms with Crippen LogP contribution in [-0.2, 0) is 11.3 Å². The van der Waals surface area contributed by atoms with Crippen molar-refractivity contribution >= 4 is 10.9 Å². The second-order valence-electron chi connectivity index (χ2n) is 5.98. The third-order valence-corrected chi connectivity index (χ3v) is 4.42. The lowest BCUT2D eigenvalue weighted by molar-refractivity contribution is 0.0807. The molecule has 2 fully saturated rings. The molecule has 0 spiro atoms. The van der Waals surface area contributed by atoms with Gasteiger partial charge in [0.1, 0.15) is 5.82 Å². The molecule has 1 saturated carbocycles. The number of H-pyrrole nitrogens is 1. The zero-order chi connectivity index (χ0) is 14.2. The Morgan fingerprint density at radius 2 is 2.14 bits per heavy atom. The Balaban J connectivity index is 1.50. The second kappa shape index (κ2) is 5.24. The van der Waals surface area contributed by atoms with E-state index in [4.69, 9.17) is 4.74 Å². The fraction of sp³-hybridized carbons (Fsp3) is 0.500. The third-order valence-electron chi connectivity index (χ3n) is 4.42. The van der Waals surface area contributed by atoms with Crippen molar-refractivity contribution in [3.8, 4) is 0 Å². The summed E-state index contributed by atoms with van der Waals surface area (Å²) in [5, 5.41) is 4.14. The predicted molar refractivity (Wildman–Crippen MR) is 80.1 cm³/mol. The molecule has 5 heteroatoms. The minimum absolute atomic E-state index is 0.0705. The lowest BCUT2D eigenvalue weighted by atomic mass is 10.1. The minimum atomic E-state index is -0.0705. The number of fused-ring (bicyclic) bond motifs is 1. The topological polar surface area (TPSA) is 67.0 Å². The van der Waals surface area contributed by atoms with Crippen LogP contribution in [0.25, 0.3) is 10.9 Å². The molecule has 5 nitrogen and oxygen atoms in total. The normalized spacial score (nSPS) is 25.5. The van der Waals surface area contributed by atoms with Gasteiger partial charge in [-0.15, -0.1) is 0 Å². The zero-order valence-electron chi connectivity index (χ0n) is 11.8. The number of hydrogen-bond acceptors (Lipinski definition) is 4. The van der Waals surface area contributed by atoms with Crippen molar-refractivity contribution in [1.82, 2.24) is 15.3 Å². The number of nitrogens with zero attached hydrogens (tertiary/aromatic N) is 1. The van der Waals surface area contributed by atoms with E-state index in [1.165, 1.54) is 12.8 Å². The molecule has 1 aromatic heterocycles. The van der Waals surface area contributed by atoms with Crippen molar-refractivity contribution in [2.45, 2.75) is 38.0 Å². The summed E-state index contributed by atoms with van der Waals surface area (Å²) in [5.74, 6) is 1.42. The van der Waals surface area contributed by atoms with Gasteiger partial charge in [0.15, 0.2) is 0 Å². The predicted octanol–water partition coefficient (Wildman–Crippen LogP) is 1.58. The summed E-state index contributed by atoms with van der Waals surface area (Å²) in [6.07, 6.45) is 3.96. The van der Waals surface area contributed by atoms with E-state index in [1.807, 2.05) is 18.2 Å². The number of hydrogen-bond donors (Lipinski definition) is 2. The average molecular weight is 285 g/mol. The number of rotatable bonds is 4. The van der Waals surface area contributed by atoms with Gasteiger partial charge in [0.05, 0.1) is 23.6 Å². The van der Waals surface area contributed by atoms with Crippen LogP contribution >= 0.6 is 0 Å². The number of benzene rings is 1. The first-order valence-corrected chi connectivity index (χ1v) is 7.64. The number of aromatic amines is 1. The van der Waals surface area contributed by atoms with Crippen LogP contribution in [0.1, 0.15) is 25.1 Å². The van der Waals surface area contributed by atoms with Gasteiger partial charge in [0, 0.05) is 12.6 Å². The van der Waals surface area contributed by atoms with E-state index >= 15 is 0 Å². The maximum atomic E-state index is 12.0. The van der Waals surface area contributed by atoms with Crippen LogP contribution in [0.15, 0.2) is 29.1 Å². The first-order chi connectivity index (χ1) is 10.3. The molecule has 1 aliphatic heterocycles. The molecule has 2 aliphatic rings. The molecule has 1 aromatic carbocycles. The number of para-hydroxylation sites is 1. The summed E-state index contributed by atoms with van der Waals surface area (Å²) >= 11 is 0. The molecular weight excluding hydrogens is 266 g/mol. The van der Waals surface area contributed by atoms with Crippen LogP contribution in [0, 0.1) is 5.92 Å². The Labute approximate surface area is 122 Å². The van der Waals surface area contributed by atoms with E-state index in [-0.39, 0.29) is 5.56 Å². The highest BCUT2D eigenvalue weighted by Gasteiger charge is 2.40. The van der Waals surface area contributed by atoms with Gasteiger partial charge in [-0.2, -0.15) is 0 Å². The van der Waals surface area contributed by atoms with Crippen LogP contribution < -0.4 is 10.9 Å². The van der Waals surface area contributed by atoms with Crippen molar-refractivity contribution in [2.24, 2.45) is 5.92 Å². The van der Waals surface area contributed by atoms with Crippen LogP contribution in [0.5, 0.6) is 0 Å². The molecule has 2 heterocycles. The van der Waals surface area contributed by atoms with Crippen molar-refractivity contribution < 1.29 is 4.74 Å². The van der Waals surface area contributed by atoms with Crippen LogP contribution in [0.3, 0.4) is 0 Å². The van der Waals surface area contributed by atoms with Gasteiger partial charge < -0.3 is 15.0 Å². The van der Waals surface area contributed by atoms with E-state index in [1.54, 1.807) is 6.07 Å². The molecule has 0 radical (unpaired) electrons. The first kappa shape index (κ1) is 13.0. The largest absolute Gasteiger partial charge is 0.376 e. The molecule has 110 valence electrons. The van der Waals surface area contributed by atoms with Gasteiger partial charge in [-0.3, -0.25) is 4.79 Å². The third kappa shape index (κ3) is 2.59. The summed E-state index contributed by atoms with van der Waals surface area (Å²) in [6.45, 7) is 1.41. The van der Waals surface area contributed by atoms with Crippen LogP contribution in [-0.4, -0.2) is 28.7 Å². The van der Waals surface area contributed by atoms with Gasteiger partial charge in [-0.25, -0.2) is 4.98 Å². The van der Waals surface area contributed by atoms with Crippen LogP contribution in [0.4, 0.5) is 0 Å². The Morgan fingerprint density at radius 1 is 1.29 bits per heavy atom. The highest BCUT2D eigenvalue weighted by molar-refractivity contribution is 5.77. The first-order valence-electron chi connectivity index (χ1n) is 7.64. The molecule has 2 aromatic rings. The fourth-order valence-corrected chi connectivity index (χ4v) is 3.17. The Kier molecular flexibility index (Phi) is 3.24. The van der Waals surface area contributed by atoms with Crippen molar-refractivity contribution in [2.75, 3.05) is 6.61 Å².